The lowest BCUT2D eigenvalue weighted by Crippen LogP contribution is -2.27. The molecule has 2 unspecified atom stereocenters. The summed E-state index contributed by atoms with van der Waals surface area (Å²) in [6.45, 7) is 0.201. The van der Waals surface area contributed by atoms with Gasteiger partial charge in [-0.2, -0.15) is 0 Å². The molecule has 0 saturated carbocycles. The van der Waals surface area contributed by atoms with Crippen molar-refractivity contribution in [2.24, 2.45) is 0 Å². The number of aliphatic hydroxyl groups excluding tert-OH is 4. The Hall–Kier alpha value is -7.04. The van der Waals surface area contributed by atoms with Crippen LogP contribution in [0, 0.1) is 6.92 Å². The van der Waals surface area contributed by atoms with E-state index in [1.807, 2.05) is 31.2 Å². The van der Waals surface area contributed by atoms with Crippen LogP contribution in [0.15, 0.2) is 109 Å². The van der Waals surface area contributed by atoms with Gasteiger partial charge in [0, 0.05) is 35.4 Å². The van der Waals surface area contributed by atoms with Crippen molar-refractivity contribution in [3.05, 3.63) is 148 Å². The molecule has 15 heteroatoms. The molecule has 15 nitrogen and oxygen atoms in total. The lowest BCUT2D eigenvalue weighted by atomic mass is 10.1. The molecule has 0 saturated heterocycles. The summed E-state index contributed by atoms with van der Waals surface area (Å²) in [5, 5.41) is 46.8. The zero-order chi connectivity index (χ0) is 45.3. The number of esters is 4. The van der Waals surface area contributed by atoms with Gasteiger partial charge in [-0.1, -0.05) is 73.7 Å². The first-order chi connectivity index (χ1) is 29.8. The van der Waals surface area contributed by atoms with Gasteiger partial charge < -0.3 is 54.0 Å². The molecule has 0 amide bonds. The predicted octanol–water partition coefficient (Wildman–Crippen LogP) is 5.37. The minimum atomic E-state index is -1.17. The zero-order valence-electron chi connectivity index (χ0n) is 34.4. The van der Waals surface area contributed by atoms with E-state index in [2.05, 4.69) is 0 Å². The van der Waals surface area contributed by atoms with Gasteiger partial charge in [-0.15, -0.1) is 0 Å². The topological polar surface area (TPSA) is 225 Å². The van der Waals surface area contributed by atoms with Crippen molar-refractivity contribution in [1.82, 2.24) is 0 Å². The molecule has 4 aromatic carbocycles. The van der Waals surface area contributed by atoms with Crippen LogP contribution in [-0.2, 0) is 51.3 Å². The van der Waals surface area contributed by atoms with E-state index in [4.69, 9.17) is 28.4 Å². The number of ether oxygens (including phenoxy) is 6. The van der Waals surface area contributed by atoms with E-state index < -0.39 is 42.7 Å². The number of phenolic OH excluding ortho intramolecular Hbond substituents is 1. The number of aryl methyl sites for hydroxylation is 1. The molecule has 0 aliphatic rings. The molecule has 2 atom stereocenters. The quantitative estimate of drug-likeness (QED) is 0.0428. The molecule has 336 valence electrons. The Balaban J connectivity index is 0.000000427. The van der Waals surface area contributed by atoms with Crippen LogP contribution >= 0.6 is 0 Å². The van der Waals surface area contributed by atoms with Gasteiger partial charge in [-0.3, -0.25) is 0 Å². The van der Waals surface area contributed by atoms with Gasteiger partial charge in [0.05, 0.1) is 34.0 Å². The summed E-state index contributed by atoms with van der Waals surface area (Å²) in [6, 6.07) is 23.9. The number of carbonyl (C=O) groups excluding carboxylic acids is 4. The molecular formula is C48H54O15. The van der Waals surface area contributed by atoms with Gasteiger partial charge in [-0.05, 0) is 77.7 Å². The number of methoxy groups -OCH3 is 2. The number of phenols is 1. The number of hydrogen-bond acceptors (Lipinski definition) is 15. The van der Waals surface area contributed by atoms with E-state index in [-0.39, 0.29) is 46.2 Å². The molecule has 5 N–H and O–H groups in total. The minimum absolute atomic E-state index is 0. The lowest BCUT2D eigenvalue weighted by molar-refractivity contribution is -0.154. The predicted molar refractivity (Wildman–Crippen MR) is 236 cm³/mol. The van der Waals surface area contributed by atoms with Crippen molar-refractivity contribution in [2.75, 3.05) is 40.6 Å². The minimum Gasteiger partial charge on any atom is -0.508 e. The fourth-order valence-corrected chi connectivity index (χ4v) is 4.96. The van der Waals surface area contributed by atoms with E-state index in [1.54, 1.807) is 54.6 Å². The Kier molecular flexibility index (Phi) is 23.6. The molecule has 0 aromatic heterocycles. The third kappa shape index (κ3) is 19.9. The second-order valence-corrected chi connectivity index (χ2v) is 13.1. The van der Waals surface area contributed by atoms with Crippen molar-refractivity contribution in [2.45, 2.75) is 39.8 Å². The molecule has 0 radical (unpaired) electrons. The molecule has 0 heterocycles. The van der Waals surface area contributed by atoms with Gasteiger partial charge >= 0.3 is 23.9 Å². The van der Waals surface area contributed by atoms with E-state index in [9.17, 15) is 44.7 Å². The Morgan fingerprint density at radius 2 is 0.937 bits per heavy atom. The van der Waals surface area contributed by atoms with Crippen molar-refractivity contribution in [1.29, 1.82) is 0 Å². The van der Waals surface area contributed by atoms with E-state index in [0.29, 0.717) is 39.3 Å². The highest BCUT2D eigenvalue weighted by molar-refractivity contribution is 5.89. The maximum atomic E-state index is 11.9. The first kappa shape index (κ1) is 52.1. The number of hydrogen-bond donors (Lipinski definition) is 5. The summed E-state index contributed by atoms with van der Waals surface area (Å²) in [6.07, 6.45) is 8.81. The first-order valence-corrected chi connectivity index (χ1v) is 19.0. The lowest BCUT2D eigenvalue weighted by Gasteiger charge is -2.13. The Morgan fingerprint density at radius 3 is 1.35 bits per heavy atom. The van der Waals surface area contributed by atoms with Crippen LogP contribution in [0.3, 0.4) is 0 Å². The summed E-state index contributed by atoms with van der Waals surface area (Å²) in [7, 11) is 2.97. The molecule has 0 spiro atoms. The molecule has 0 aliphatic heterocycles. The summed E-state index contributed by atoms with van der Waals surface area (Å²) in [5.74, 6) is -1.54. The highest BCUT2D eigenvalue weighted by atomic mass is 16.6. The summed E-state index contributed by atoms with van der Waals surface area (Å²) in [4.78, 5) is 47.3. The van der Waals surface area contributed by atoms with Crippen LogP contribution in [0.4, 0.5) is 0 Å². The molecule has 0 fully saturated rings. The Labute approximate surface area is 366 Å². The maximum Gasteiger partial charge on any atom is 0.331 e. The fourth-order valence-electron chi connectivity index (χ4n) is 4.96. The third-order valence-electron chi connectivity index (χ3n) is 8.31. The average Bonchev–Trinajstić information content (AvgIpc) is 3.29. The van der Waals surface area contributed by atoms with E-state index in [0.717, 1.165) is 11.1 Å². The molecular weight excluding hydrogens is 817 g/mol. The van der Waals surface area contributed by atoms with Gasteiger partial charge in [-0.25, -0.2) is 19.2 Å². The second-order valence-electron chi connectivity index (χ2n) is 13.1. The van der Waals surface area contributed by atoms with Crippen molar-refractivity contribution in [3.63, 3.8) is 0 Å². The van der Waals surface area contributed by atoms with Gasteiger partial charge in [0.1, 0.15) is 43.2 Å². The molecule has 0 aliphatic carbocycles. The third-order valence-corrected chi connectivity index (χ3v) is 8.31. The van der Waals surface area contributed by atoms with Crippen LogP contribution in [-0.4, -0.2) is 102 Å². The van der Waals surface area contributed by atoms with Crippen LogP contribution < -0.4 is 9.47 Å². The normalized spacial score (nSPS) is 11.9. The van der Waals surface area contributed by atoms with E-state index >= 15 is 0 Å². The van der Waals surface area contributed by atoms with Gasteiger partial charge in [0.15, 0.2) is 6.10 Å². The Morgan fingerprint density at radius 1 is 0.556 bits per heavy atom. The largest absolute Gasteiger partial charge is 0.508 e. The summed E-state index contributed by atoms with van der Waals surface area (Å²) >= 11 is 0. The van der Waals surface area contributed by atoms with Crippen LogP contribution in [0.2, 0.25) is 0 Å². The summed E-state index contributed by atoms with van der Waals surface area (Å²) < 4.78 is 30.3. The zero-order valence-corrected chi connectivity index (χ0v) is 34.4. The number of rotatable bonds is 20. The molecule has 63 heavy (non-hydrogen) atoms. The molecule has 4 aromatic rings. The van der Waals surface area contributed by atoms with Gasteiger partial charge in [0.25, 0.3) is 0 Å². The monoisotopic (exact) mass is 870 g/mol. The van der Waals surface area contributed by atoms with Crippen molar-refractivity contribution >= 4 is 48.2 Å². The summed E-state index contributed by atoms with van der Waals surface area (Å²) in [5.41, 5.74) is 5.24. The fraction of sp³-hybridized carbons (Fsp3) is 0.250. The highest BCUT2D eigenvalue weighted by Gasteiger charge is 2.14. The van der Waals surface area contributed by atoms with Crippen LogP contribution in [0.1, 0.15) is 46.4 Å². The Bertz CT molecular complexity index is 2170. The smallest absolute Gasteiger partial charge is 0.331 e. The second kappa shape index (κ2) is 28.5. The van der Waals surface area contributed by atoms with Gasteiger partial charge in [0.2, 0.25) is 0 Å². The maximum absolute atomic E-state index is 11.9. The standard InChI is InChI=1S/C24H26O7.C23H24O8.CH4/c1-17-3-5-18(6-4-17)8-12-24(28)31-21(15-26)16-30-23(27)11-9-19-7-10-20(14-25)22(13-19)29-2;1-29-21-12-17(2-7-18(21)13-24)6-11-23(28)31-15-20(26)14-30-22(27)10-5-16-3-8-19(25)9-4-16;/h3-13,21,25-26H,14-16H2,1-2H3;2-12,20,24-26H,13-15H2,1H3;1H4/b11-9+,12-8+;10-5+,11-6+;. The van der Waals surface area contributed by atoms with Crippen molar-refractivity contribution < 1.29 is 73.1 Å². The van der Waals surface area contributed by atoms with Crippen LogP contribution in [0.25, 0.3) is 24.3 Å². The van der Waals surface area contributed by atoms with E-state index in [1.165, 1.54) is 68.9 Å². The number of aliphatic hydroxyl groups is 4. The number of carbonyl (C=O) groups is 4. The number of aromatic hydroxyl groups is 1. The molecule has 4 rings (SSSR count). The average molecular weight is 871 g/mol. The number of benzene rings is 4. The molecule has 0 bridgehead atoms. The van der Waals surface area contributed by atoms with Crippen LogP contribution in [0.5, 0.6) is 17.2 Å². The highest BCUT2D eigenvalue weighted by Crippen LogP contribution is 2.22. The SMILES string of the molecule is C.COc1cc(/C=C/C(=O)OCC(CO)OC(=O)/C=C/c2ccc(C)cc2)ccc1CO.COc1cc(/C=C/C(=O)OCC(O)COC(=O)/C=C/c2ccc(O)cc2)ccc1CO. The first-order valence-electron chi connectivity index (χ1n) is 19.0. The van der Waals surface area contributed by atoms with Crippen molar-refractivity contribution in [3.8, 4) is 17.2 Å².